The topological polar surface area (TPSA) is 78.0 Å². The number of imidazole rings is 1. The van der Waals surface area contributed by atoms with Gasteiger partial charge in [-0.25, -0.2) is 4.98 Å². The number of hydrogen-bond donors (Lipinski definition) is 1. The van der Waals surface area contributed by atoms with Gasteiger partial charge in [-0.05, 0) is 24.5 Å². The lowest BCUT2D eigenvalue weighted by molar-refractivity contribution is 0.0483. The first-order valence-corrected chi connectivity index (χ1v) is 8.35. The number of H-pyrrole nitrogens is 1. The lowest BCUT2D eigenvalue weighted by atomic mass is 10.1. The van der Waals surface area contributed by atoms with Crippen molar-refractivity contribution in [3.05, 3.63) is 28.8 Å². The molecule has 0 unspecified atom stereocenters. The Bertz CT molecular complexity index is 625. The third kappa shape index (κ3) is 2.76. The minimum absolute atomic E-state index is 0.0409. The highest BCUT2D eigenvalue weighted by Gasteiger charge is 2.32. The maximum Gasteiger partial charge on any atom is 0.267 e. The molecule has 2 aromatic heterocycles. The minimum Gasteiger partial charge on any atom is -0.347 e. The van der Waals surface area contributed by atoms with E-state index in [9.17, 15) is 4.79 Å². The second kappa shape index (κ2) is 6.53. The van der Waals surface area contributed by atoms with E-state index in [0.717, 1.165) is 37.6 Å². The summed E-state index contributed by atoms with van der Waals surface area (Å²) in [6, 6.07) is 0.114. The Hall–Kier alpha value is -1.80. The average molecular weight is 320 g/mol. The number of carbonyl (C=O) groups excluding carboxylic acids is 1. The van der Waals surface area contributed by atoms with Gasteiger partial charge < -0.3 is 9.88 Å². The van der Waals surface area contributed by atoms with Gasteiger partial charge in [-0.2, -0.15) is 0 Å². The number of hydrogen-bond acceptors (Lipinski definition) is 6. The van der Waals surface area contributed by atoms with Crippen molar-refractivity contribution in [1.29, 1.82) is 0 Å². The maximum atomic E-state index is 12.8. The van der Waals surface area contributed by atoms with Gasteiger partial charge in [0.05, 0.1) is 11.7 Å². The molecule has 0 radical (unpaired) electrons. The molecule has 22 heavy (non-hydrogen) atoms. The highest BCUT2D eigenvalue weighted by Crippen LogP contribution is 2.24. The smallest absolute Gasteiger partial charge is 0.267 e. The van der Waals surface area contributed by atoms with Gasteiger partial charge in [0.15, 0.2) is 0 Å². The number of aryl methyl sites for hydroxylation is 1. The Balaban J connectivity index is 1.80. The van der Waals surface area contributed by atoms with E-state index in [1.54, 1.807) is 6.20 Å². The van der Waals surface area contributed by atoms with Crippen LogP contribution in [0, 0.1) is 0 Å². The van der Waals surface area contributed by atoms with Crippen LogP contribution in [0.5, 0.6) is 0 Å². The molecular formula is C14H20N6OS. The van der Waals surface area contributed by atoms with Gasteiger partial charge in [-0.3, -0.25) is 9.69 Å². The zero-order chi connectivity index (χ0) is 15.5. The summed E-state index contributed by atoms with van der Waals surface area (Å²) in [6.45, 7) is 7.28. The Morgan fingerprint density at radius 3 is 3.00 bits per heavy atom. The molecule has 7 nitrogen and oxygen atoms in total. The van der Waals surface area contributed by atoms with Gasteiger partial charge in [0, 0.05) is 32.0 Å². The molecule has 1 aliphatic heterocycles. The predicted octanol–water partition coefficient (Wildman–Crippen LogP) is 1.34. The standard InChI is InChI=1S/C14H20N6OS/c1-3-10-12(22-18-17-10)14(21)20-8-7-19(4-2)11(9-20)13-15-5-6-16-13/h5-6,11H,3-4,7-9H2,1-2H3,(H,15,16)/t11-/m1/s1. The molecule has 0 aliphatic carbocycles. The SMILES string of the molecule is CCc1nnsc1C(=O)N1CCN(CC)[C@@H](c2ncc[nH]2)C1. The summed E-state index contributed by atoms with van der Waals surface area (Å²) in [4.78, 5) is 25.2. The highest BCUT2D eigenvalue weighted by atomic mass is 32.1. The van der Waals surface area contributed by atoms with E-state index in [1.807, 2.05) is 18.0 Å². The van der Waals surface area contributed by atoms with E-state index in [-0.39, 0.29) is 11.9 Å². The monoisotopic (exact) mass is 320 g/mol. The van der Waals surface area contributed by atoms with Crippen LogP contribution in [-0.4, -0.2) is 61.4 Å². The molecule has 118 valence electrons. The predicted molar refractivity (Wildman–Crippen MR) is 83.8 cm³/mol. The number of aromatic amines is 1. The van der Waals surface area contributed by atoms with Gasteiger partial charge in [0.25, 0.3) is 5.91 Å². The Kier molecular flexibility index (Phi) is 4.49. The zero-order valence-corrected chi connectivity index (χ0v) is 13.6. The van der Waals surface area contributed by atoms with Crippen LogP contribution in [-0.2, 0) is 6.42 Å². The summed E-state index contributed by atoms with van der Waals surface area (Å²) >= 11 is 1.19. The van der Waals surface area contributed by atoms with Crippen LogP contribution in [0.15, 0.2) is 12.4 Å². The molecular weight excluding hydrogens is 300 g/mol. The molecule has 1 saturated heterocycles. The Labute approximate surface area is 133 Å². The lowest BCUT2D eigenvalue weighted by Crippen LogP contribution is -2.50. The number of nitrogens with zero attached hydrogens (tertiary/aromatic N) is 5. The van der Waals surface area contributed by atoms with Gasteiger partial charge >= 0.3 is 0 Å². The average Bonchev–Trinajstić information content (AvgIpc) is 3.24. The summed E-state index contributed by atoms with van der Waals surface area (Å²) in [7, 11) is 0. The quantitative estimate of drug-likeness (QED) is 0.920. The first-order valence-electron chi connectivity index (χ1n) is 7.58. The number of aromatic nitrogens is 4. The van der Waals surface area contributed by atoms with Crippen molar-refractivity contribution in [2.75, 3.05) is 26.2 Å². The van der Waals surface area contributed by atoms with Crippen LogP contribution < -0.4 is 0 Å². The summed E-state index contributed by atoms with van der Waals surface area (Å²) in [5.74, 6) is 0.955. The number of amides is 1. The zero-order valence-electron chi connectivity index (χ0n) is 12.8. The largest absolute Gasteiger partial charge is 0.347 e. The normalized spacial score (nSPS) is 19.5. The van der Waals surface area contributed by atoms with Crippen molar-refractivity contribution >= 4 is 17.4 Å². The van der Waals surface area contributed by atoms with E-state index >= 15 is 0 Å². The van der Waals surface area contributed by atoms with Crippen LogP contribution in [0.3, 0.4) is 0 Å². The van der Waals surface area contributed by atoms with Crippen molar-refractivity contribution in [1.82, 2.24) is 29.4 Å². The molecule has 8 heteroatoms. The van der Waals surface area contributed by atoms with E-state index < -0.39 is 0 Å². The lowest BCUT2D eigenvalue weighted by Gasteiger charge is -2.39. The van der Waals surface area contributed by atoms with Gasteiger partial charge in [0.2, 0.25) is 0 Å². The number of piperazine rings is 1. The molecule has 1 fully saturated rings. The number of nitrogens with one attached hydrogen (secondary N) is 1. The summed E-state index contributed by atoms with van der Waals surface area (Å²) in [5, 5.41) is 4.04. The molecule has 1 N–H and O–H groups in total. The molecule has 1 amide bonds. The molecule has 3 rings (SSSR count). The first kappa shape index (κ1) is 15.1. The summed E-state index contributed by atoms with van der Waals surface area (Å²) in [6.07, 6.45) is 4.31. The van der Waals surface area contributed by atoms with E-state index in [1.165, 1.54) is 11.5 Å². The third-order valence-corrected chi connectivity index (χ3v) is 4.86. The fourth-order valence-corrected chi connectivity index (χ4v) is 3.57. The first-order chi connectivity index (χ1) is 10.7. The highest BCUT2D eigenvalue weighted by molar-refractivity contribution is 7.08. The summed E-state index contributed by atoms with van der Waals surface area (Å²) < 4.78 is 3.92. The molecule has 2 aromatic rings. The minimum atomic E-state index is 0.0409. The summed E-state index contributed by atoms with van der Waals surface area (Å²) in [5.41, 5.74) is 0.794. The molecule has 0 spiro atoms. The van der Waals surface area contributed by atoms with Crippen molar-refractivity contribution < 1.29 is 4.79 Å². The van der Waals surface area contributed by atoms with Crippen LogP contribution in [0.2, 0.25) is 0 Å². The van der Waals surface area contributed by atoms with E-state index in [4.69, 9.17) is 0 Å². The van der Waals surface area contributed by atoms with Crippen LogP contribution >= 0.6 is 11.5 Å². The molecule has 0 bridgehead atoms. The molecule has 0 aromatic carbocycles. The molecule has 3 heterocycles. The van der Waals surface area contributed by atoms with E-state index in [2.05, 4.69) is 31.4 Å². The fraction of sp³-hybridized carbons (Fsp3) is 0.571. The van der Waals surface area contributed by atoms with Gasteiger partial charge in [-0.1, -0.05) is 18.3 Å². The number of rotatable bonds is 4. The number of carbonyl (C=O) groups is 1. The van der Waals surface area contributed by atoms with Crippen molar-refractivity contribution in [2.45, 2.75) is 26.3 Å². The van der Waals surface area contributed by atoms with E-state index in [0.29, 0.717) is 11.4 Å². The number of likely N-dealkylation sites (N-methyl/N-ethyl adjacent to an activating group) is 1. The maximum absolute atomic E-state index is 12.8. The second-order valence-corrected chi connectivity index (χ2v) is 6.03. The second-order valence-electron chi connectivity index (χ2n) is 5.27. The van der Waals surface area contributed by atoms with Crippen molar-refractivity contribution in [3.63, 3.8) is 0 Å². The van der Waals surface area contributed by atoms with Crippen LogP contribution in [0.25, 0.3) is 0 Å². The van der Waals surface area contributed by atoms with Gasteiger partial charge in [-0.15, -0.1) is 5.10 Å². The fourth-order valence-electron chi connectivity index (χ4n) is 2.85. The third-order valence-electron chi connectivity index (χ3n) is 4.10. The van der Waals surface area contributed by atoms with Crippen molar-refractivity contribution in [3.8, 4) is 0 Å². The van der Waals surface area contributed by atoms with Gasteiger partial charge in [0.1, 0.15) is 10.7 Å². The molecule has 1 atom stereocenters. The van der Waals surface area contributed by atoms with Crippen LogP contribution in [0.1, 0.15) is 41.1 Å². The van der Waals surface area contributed by atoms with Crippen molar-refractivity contribution in [2.24, 2.45) is 0 Å². The molecule has 0 saturated carbocycles. The Morgan fingerprint density at radius 2 is 2.32 bits per heavy atom. The van der Waals surface area contributed by atoms with Crippen LogP contribution in [0.4, 0.5) is 0 Å². The Morgan fingerprint density at radius 1 is 1.45 bits per heavy atom. The molecule has 1 aliphatic rings.